The minimum absolute atomic E-state index is 0.144. The topological polar surface area (TPSA) is 108 Å². The van der Waals surface area contributed by atoms with Gasteiger partial charge in [0.15, 0.2) is 6.23 Å². The third-order valence-corrected chi connectivity index (χ3v) is 5.86. The molecule has 4 atom stereocenters. The quantitative estimate of drug-likeness (QED) is 0.245. The highest BCUT2D eigenvalue weighted by Gasteiger charge is 2.36. The van der Waals surface area contributed by atoms with E-state index in [1.807, 2.05) is 44.2 Å². The van der Waals surface area contributed by atoms with Crippen molar-refractivity contribution in [2.45, 2.75) is 45.9 Å². The summed E-state index contributed by atoms with van der Waals surface area (Å²) in [5.74, 6) is 4.73. The van der Waals surface area contributed by atoms with Crippen LogP contribution >= 0.6 is 11.8 Å². The number of hydrogen-bond donors (Lipinski definition) is 3. The molecule has 0 aromatic heterocycles. The van der Waals surface area contributed by atoms with Crippen molar-refractivity contribution in [3.8, 4) is 11.8 Å². The first-order chi connectivity index (χ1) is 14.8. The van der Waals surface area contributed by atoms with Crippen LogP contribution in [0.25, 0.3) is 0 Å². The number of hydrogen-bond acceptors (Lipinski definition) is 6. The minimum Gasteiger partial charge on any atom is -0.369 e. The number of likely N-dealkylation sites (N-methyl/N-ethyl adjacent to an activating group) is 1. The second-order valence-electron chi connectivity index (χ2n) is 7.73. The Morgan fingerprint density at radius 3 is 2.42 bits per heavy atom. The van der Waals surface area contributed by atoms with Crippen LogP contribution in [0.3, 0.4) is 0 Å². The molecule has 0 bridgehead atoms. The Hall–Kier alpha value is -2.37. The fourth-order valence-electron chi connectivity index (χ4n) is 3.30. The summed E-state index contributed by atoms with van der Waals surface area (Å²) in [4.78, 5) is 36.8. The molecule has 3 N–H and O–H groups in total. The molecule has 0 aliphatic carbocycles. The molecule has 170 valence electrons. The second-order valence-corrected chi connectivity index (χ2v) is 8.76. The summed E-state index contributed by atoms with van der Waals surface area (Å²) in [5, 5.41) is 18.5. The van der Waals surface area contributed by atoms with Crippen molar-refractivity contribution in [2.75, 3.05) is 18.6 Å². The van der Waals surface area contributed by atoms with E-state index in [9.17, 15) is 19.6 Å². The van der Waals surface area contributed by atoms with Crippen LogP contribution in [-0.4, -0.2) is 47.7 Å². The summed E-state index contributed by atoms with van der Waals surface area (Å²) in [6.45, 7) is 5.67. The molecule has 7 nitrogen and oxygen atoms in total. The van der Waals surface area contributed by atoms with Crippen LogP contribution in [0, 0.1) is 34.5 Å². The van der Waals surface area contributed by atoms with E-state index in [1.54, 1.807) is 6.92 Å². The highest BCUT2D eigenvalue weighted by atomic mass is 32.2. The van der Waals surface area contributed by atoms with E-state index < -0.39 is 24.1 Å². The summed E-state index contributed by atoms with van der Waals surface area (Å²) in [6.07, 6.45) is -0.723. The minimum atomic E-state index is -1.51. The van der Waals surface area contributed by atoms with Crippen molar-refractivity contribution in [3.63, 3.8) is 0 Å². The van der Waals surface area contributed by atoms with Gasteiger partial charge in [0.2, 0.25) is 11.8 Å². The summed E-state index contributed by atoms with van der Waals surface area (Å²) >= 11 is 1.44. The zero-order chi connectivity index (χ0) is 23.2. The fraction of sp³-hybridized carbons (Fsp3) is 0.565. The summed E-state index contributed by atoms with van der Waals surface area (Å²) in [7, 11) is 1.52. The molecule has 31 heavy (non-hydrogen) atoms. The van der Waals surface area contributed by atoms with E-state index >= 15 is 0 Å². The molecule has 2 amide bonds. The average molecular weight is 448 g/mol. The van der Waals surface area contributed by atoms with Crippen LogP contribution < -0.4 is 10.6 Å². The largest absolute Gasteiger partial charge is 0.369 e. The predicted molar refractivity (Wildman–Crippen MR) is 125 cm³/mol. The maximum Gasteiger partial charge on any atom is 0.242 e. The third kappa shape index (κ3) is 9.53. The first-order valence-electron chi connectivity index (χ1n) is 10.4. The normalized spacial score (nSPS) is 14.5. The number of aliphatic hydroxyl groups is 1. The number of amides is 2. The van der Waals surface area contributed by atoms with Gasteiger partial charge >= 0.3 is 0 Å². The lowest BCUT2D eigenvalue weighted by Crippen LogP contribution is -2.51. The van der Waals surface area contributed by atoms with Gasteiger partial charge in [-0.2, -0.15) is 0 Å². The van der Waals surface area contributed by atoms with Crippen molar-refractivity contribution in [1.82, 2.24) is 10.6 Å². The van der Waals surface area contributed by atoms with Gasteiger partial charge in [0.1, 0.15) is 6.04 Å². The molecule has 0 radical (unpaired) electrons. The molecule has 1 aromatic rings. The van der Waals surface area contributed by atoms with E-state index in [1.165, 1.54) is 18.8 Å². The fourth-order valence-corrected chi connectivity index (χ4v) is 4.34. The van der Waals surface area contributed by atoms with E-state index in [4.69, 9.17) is 0 Å². The molecule has 0 aliphatic rings. The zero-order valence-electron chi connectivity index (χ0n) is 18.6. The standard InChI is InChI=1S/C23H33N3O4S/c1-5-6-12-31-15-19(22(28)26-30)18(13-16(2)3)21(27)25-20(23(29)24-4)14-17-10-8-7-9-11-17/h7-11,16,18-20,22,28H,12-15H2,1-4H3,(H,24,29)(H,25,27)/t18-,19+,20+,22?/m1/s1. The van der Waals surface area contributed by atoms with Gasteiger partial charge in [-0.25, -0.2) is 0 Å². The first-order valence-corrected chi connectivity index (χ1v) is 11.5. The second kappa shape index (κ2) is 14.6. The lowest BCUT2D eigenvalue weighted by Gasteiger charge is -2.29. The number of nitrogens with one attached hydrogen (secondary N) is 2. The molecule has 8 heteroatoms. The van der Waals surface area contributed by atoms with E-state index in [2.05, 4.69) is 27.7 Å². The Labute approximate surface area is 189 Å². The average Bonchev–Trinajstić information content (AvgIpc) is 2.76. The molecule has 1 aromatic carbocycles. The number of aliphatic hydroxyl groups excluding tert-OH is 1. The van der Waals surface area contributed by atoms with E-state index in [-0.39, 0.29) is 17.7 Å². The van der Waals surface area contributed by atoms with Crippen LogP contribution in [0.15, 0.2) is 35.5 Å². The van der Waals surface area contributed by atoms with Gasteiger partial charge in [-0.05, 0) is 30.0 Å². The van der Waals surface area contributed by atoms with Crippen LogP contribution in [0.4, 0.5) is 0 Å². The van der Waals surface area contributed by atoms with Gasteiger partial charge in [0.05, 0.1) is 5.75 Å². The van der Waals surface area contributed by atoms with Crippen molar-refractivity contribution < 1.29 is 14.7 Å². The van der Waals surface area contributed by atoms with E-state index in [0.29, 0.717) is 24.3 Å². The Morgan fingerprint density at radius 1 is 1.19 bits per heavy atom. The molecule has 0 saturated heterocycles. The van der Waals surface area contributed by atoms with Crippen LogP contribution in [-0.2, 0) is 16.0 Å². The molecular weight excluding hydrogens is 414 g/mol. The Balaban J connectivity index is 3.07. The van der Waals surface area contributed by atoms with E-state index in [0.717, 1.165) is 5.56 Å². The van der Waals surface area contributed by atoms with Crippen molar-refractivity contribution in [2.24, 2.45) is 22.9 Å². The van der Waals surface area contributed by atoms with Crippen molar-refractivity contribution in [3.05, 3.63) is 40.8 Å². The maximum absolute atomic E-state index is 13.3. The smallest absolute Gasteiger partial charge is 0.242 e. The number of carbonyl (C=O) groups excluding carboxylic acids is 2. The number of thioether (sulfide) groups is 1. The summed E-state index contributed by atoms with van der Waals surface area (Å²) in [6, 6.07) is 8.64. The maximum atomic E-state index is 13.3. The van der Waals surface area contributed by atoms with Crippen LogP contribution in [0.5, 0.6) is 0 Å². The summed E-state index contributed by atoms with van der Waals surface area (Å²) in [5.41, 5.74) is 0.914. The van der Waals surface area contributed by atoms with Gasteiger partial charge in [0.25, 0.3) is 0 Å². The number of rotatable bonds is 13. The molecular formula is C23H33N3O4S. The Kier molecular flexibility index (Phi) is 12.6. The number of nitrogens with zero attached hydrogens (tertiary/aromatic N) is 1. The highest BCUT2D eigenvalue weighted by Crippen LogP contribution is 2.28. The van der Waals surface area contributed by atoms with Crippen molar-refractivity contribution in [1.29, 1.82) is 0 Å². The van der Waals surface area contributed by atoms with Gasteiger partial charge in [-0.15, -0.1) is 22.6 Å². The van der Waals surface area contributed by atoms with Gasteiger partial charge < -0.3 is 15.7 Å². The summed E-state index contributed by atoms with van der Waals surface area (Å²) < 4.78 is 0. The van der Waals surface area contributed by atoms with Crippen LogP contribution in [0.2, 0.25) is 0 Å². The molecule has 1 rings (SSSR count). The Bertz CT molecular complexity index is 761. The first kappa shape index (κ1) is 26.7. The highest BCUT2D eigenvalue weighted by molar-refractivity contribution is 7.99. The molecule has 0 saturated carbocycles. The van der Waals surface area contributed by atoms with Gasteiger partial charge in [-0.1, -0.05) is 50.1 Å². The Morgan fingerprint density at radius 2 is 1.87 bits per heavy atom. The van der Waals surface area contributed by atoms with Crippen LogP contribution in [0.1, 0.15) is 32.8 Å². The lowest BCUT2D eigenvalue weighted by atomic mass is 9.84. The van der Waals surface area contributed by atoms with Crippen molar-refractivity contribution >= 4 is 23.6 Å². The lowest BCUT2D eigenvalue weighted by molar-refractivity contribution is -0.133. The number of benzene rings is 1. The molecule has 0 fully saturated rings. The number of nitroso groups, excluding NO2 is 1. The number of carbonyl (C=O) groups is 2. The molecule has 0 aliphatic heterocycles. The SMILES string of the molecule is CC#CCSC[C@H](C(O)N=O)[C@@H](CC(C)C)C(=O)N[C@@H](Cc1ccccc1)C(=O)NC. The zero-order valence-corrected chi connectivity index (χ0v) is 19.4. The monoisotopic (exact) mass is 447 g/mol. The molecule has 0 spiro atoms. The third-order valence-electron chi connectivity index (χ3n) is 4.89. The molecule has 1 unspecified atom stereocenters. The van der Waals surface area contributed by atoms with Gasteiger partial charge in [-0.3, -0.25) is 9.59 Å². The predicted octanol–water partition coefficient (Wildman–Crippen LogP) is 2.58. The van der Waals surface area contributed by atoms with Gasteiger partial charge in [0, 0.05) is 31.1 Å². The molecule has 0 heterocycles.